The van der Waals surface area contributed by atoms with E-state index in [-0.39, 0.29) is 11.9 Å². The van der Waals surface area contributed by atoms with Crippen LogP contribution in [0.4, 0.5) is 11.4 Å². The predicted molar refractivity (Wildman–Crippen MR) is 94.3 cm³/mol. The second-order valence-corrected chi connectivity index (χ2v) is 6.16. The van der Waals surface area contributed by atoms with Gasteiger partial charge in [-0.1, -0.05) is 12.1 Å². The van der Waals surface area contributed by atoms with E-state index in [0.717, 1.165) is 24.3 Å². The molecule has 5 heteroatoms. The summed E-state index contributed by atoms with van der Waals surface area (Å²) in [5.74, 6) is -0.127. The molecule has 0 saturated carbocycles. The topological polar surface area (TPSA) is 60.2 Å². The Hall–Kier alpha value is -2.87. The Morgan fingerprint density at radius 1 is 1.25 bits per heavy atom. The van der Waals surface area contributed by atoms with E-state index in [1.165, 1.54) is 0 Å². The number of pyridine rings is 1. The van der Waals surface area contributed by atoms with Gasteiger partial charge in [0.1, 0.15) is 11.8 Å². The summed E-state index contributed by atoms with van der Waals surface area (Å²) in [6.45, 7) is 4.70. The fourth-order valence-corrected chi connectivity index (χ4v) is 3.09. The van der Waals surface area contributed by atoms with Crippen LogP contribution in [0, 0.1) is 18.3 Å². The summed E-state index contributed by atoms with van der Waals surface area (Å²) in [5, 5.41) is 9.04. The van der Waals surface area contributed by atoms with Gasteiger partial charge in [-0.3, -0.25) is 4.79 Å². The highest BCUT2D eigenvalue weighted by atomic mass is 16.2. The van der Waals surface area contributed by atoms with Crippen molar-refractivity contribution in [3.63, 3.8) is 0 Å². The van der Waals surface area contributed by atoms with E-state index in [9.17, 15) is 4.79 Å². The Morgan fingerprint density at radius 3 is 2.62 bits per heavy atom. The van der Waals surface area contributed by atoms with Crippen LogP contribution in [0.15, 0.2) is 36.4 Å². The largest absolute Gasteiger partial charge is 0.373 e. The van der Waals surface area contributed by atoms with Crippen molar-refractivity contribution in [2.24, 2.45) is 0 Å². The van der Waals surface area contributed by atoms with Crippen LogP contribution < -0.4 is 9.80 Å². The average Bonchev–Trinajstić information content (AvgIpc) is 2.71. The molecule has 0 saturated heterocycles. The number of carbonyl (C=O) groups excluding carboxylic acids is 1. The van der Waals surface area contributed by atoms with Crippen LogP contribution in [0.25, 0.3) is 0 Å². The van der Waals surface area contributed by atoms with Crippen LogP contribution in [0.5, 0.6) is 0 Å². The van der Waals surface area contributed by atoms with E-state index in [1.54, 1.807) is 19.1 Å². The van der Waals surface area contributed by atoms with Gasteiger partial charge in [-0.25, -0.2) is 4.98 Å². The first kappa shape index (κ1) is 16.0. The molecular weight excluding hydrogens is 300 g/mol. The standard InChI is InChI=1S/C19H20N4O/c1-13-10-11-22(3)17-6-4-5-7-18(17)23(13)19(24)16-9-8-15(12-20)14(2)21-16/h4-9,13H,10-11H2,1-3H3. The molecule has 122 valence electrons. The number of benzene rings is 1. The minimum absolute atomic E-state index is 0.0707. The molecule has 0 spiro atoms. The quantitative estimate of drug-likeness (QED) is 0.810. The highest BCUT2D eigenvalue weighted by molar-refractivity contribution is 6.07. The summed E-state index contributed by atoms with van der Waals surface area (Å²) in [5.41, 5.74) is 3.39. The number of para-hydroxylation sites is 2. The number of fused-ring (bicyclic) bond motifs is 1. The molecule has 0 fully saturated rings. The first-order chi connectivity index (χ1) is 11.5. The van der Waals surface area contributed by atoms with Crippen molar-refractivity contribution >= 4 is 17.3 Å². The van der Waals surface area contributed by atoms with E-state index in [1.807, 2.05) is 36.2 Å². The smallest absolute Gasteiger partial charge is 0.277 e. The third-order valence-corrected chi connectivity index (χ3v) is 4.52. The van der Waals surface area contributed by atoms with E-state index >= 15 is 0 Å². The Bertz CT molecular complexity index is 824. The molecule has 0 N–H and O–H groups in total. The van der Waals surface area contributed by atoms with Gasteiger partial charge in [0, 0.05) is 19.6 Å². The van der Waals surface area contributed by atoms with Gasteiger partial charge < -0.3 is 9.80 Å². The van der Waals surface area contributed by atoms with E-state index < -0.39 is 0 Å². The predicted octanol–water partition coefficient (Wildman–Crippen LogP) is 3.14. The second kappa shape index (κ2) is 6.32. The molecule has 1 amide bonds. The SMILES string of the molecule is Cc1nc(C(=O)N2c3ccccc3N(C)CCC2C)ccc1C#N. The molecule has 1 aliphatic heterocycles. The monoisotopic (exact) mass is 320 g/mol. The highest BCUT2D eigenvalue weighted by Gasteiger charge is 2.29. The van der Waals surface area contributed by atoms with E-state index in [4.69, 9.17) is 5.26 Å². The van der Waals surface area contributed by atoms with E-state index in [2.05, 4.69) is 22.9 Å². The molecule has 0 bridgehead atoms. The fraction of sp³-hybridized carbons (Fsp3) is 0.316. The summed E-state index contributed by atoms with van der Waals surface area (Å²) in [7, 11) is 2.05. The lowest BCUT2D eigenvalue weighted by Gasteiger charge is -2.28. The first-order valence-electron chi connectivity index (χ1n) is 8.04. The Labute approximate surface area is 142 Å². The van der Waals surface area contributed by atoms with E-state index in [0.29, 0.717) is 17.0 Å². The molecule has 24 heavy (non-hydrogen) atoms. The average molecular weight is 320 g/mol. The maximum atomic E-state index is 13.1. The third kappa shape index (κ3) is 2.71. The van der Waals surface area contributed by atoms with Crippen LogP contribution in [0.3, 0.4) is 0 Å². The van der Waals surface area contributed by atoms with Gasteiger partial charge in [0.15, 0.2) is 0 Å². The van der Waals surface area contributed by atoms with Crippen molar-refractivity contribution in [3.05, 3.63) is 53.3 Å². The van der Waals surface area contributed by atoms with Crippen LogP contribution in [0.2, 0.25) is 0 Å². The van der Waals surface area contributed by atoms with Crippen LogP contribution in [-0.2, 0) is 0 Å². The maximum Gasteiger partial charge on any atom is 0.277 e. The Morgan fingerprint density at radius 2 is 1.96 bits per heavy atom. The van der Waals surface area contributed by atoms with Gasteiger partial charge in [-0.2, -0.15) is 5.26 Å². The number of nitriles is 1. The van der Waals surface area contributed by atoms with Crippen molar-refractivity contribution in [1.29, 1.82) is 5.26 Å². The van der Waals surface area contributed by atoms with Gasteiger partial charge in [0.2, 0.25) is 0 Å². The summed E-state index contributed by atoms with van der Waals surface area (Å²) >= 11 is 0. The molecule has 1 aromatic heterocycles. The number of carbonyl (C=O) groups is 1. The normalized spacial score (nSPS) is 17.0. The Kier molecular flexibility index (Phi) is 4.22. The van der Waals surface area contributed by atoms with Gasteiger partial charge in [-0.15, -0.1) is 0 Å². The number of hydrogen-bond acceptors (Lipinski definition) is 4. The van der Waals surface area contributed by atoms with Gasteiger partial charge >= 0.3 is 0 Å². The number of hydrogen-bond donors (Lipinski definition) is 0. The molecule has 1 aromatic carbocycles. The lowest BCUT2D eigenvalue weighted by atomic mass is 10.1. The lowest BCUT2D eigenvalue weighted by Crippen LogP contribution is -2.39. The molecule has 1 unspecified atom stereocenters. The van der Waals surface area contributed by atoms with Crippen LogP contribution in [0.1, 0.15) is 35.1 Å². The summed E-state index contributed by atoms with van der Waals surface area (Å²) < 4.78 is 0. The summed E-state index contributed by atoms with van der Waals surface area (Å²) in [6.07, 6.45) is 0.881. The van der Waals surface area contributed by atoms with Crippen molar-refractivity contribution in [1.82, 2.24) is 4.98 Å². The van der Waals surface area contributed by atoms with Crippen molar-refractivity contribution in [2.45, 2.75) is 26.3 Å². The number of amides is 1. The molecule has 0 radical (unpaired) electrons. The fourth-order valence-electron chi connectivity index (χ4n) is 3.09. The van der Waals surface area contributed by atoms with Crippen LogP contribution in [-0.4, -0.2) is 30.5 Å². The molecular formula is C19H20N4O. The zero-order chi connectivity index (χ0) is 17.3. The van der Waals surface area contributed by atoms with Gasteiger partial charge in [0.25, 0.3) is 5.91 Å². The summed E-state index contributed by atoms with van der Waals surface area (Å²) in [6, 6.07) is 13.4. The molecule has 2 heterocycles. The molecule has 3 rings (SSSR count). The zero-order valence-electron chi connectivity index (χ0n) is 14.2. The lowest BCUT2D eigenvalue weighted by molar-refractivity contribution is 0.0973. The molecule has 1 aliphatic rings. The maximum absolute atomic E-state index is 13.1. The number of aromatic nitrogens is 1. The minimum Gasteiger partial charge on any atom is -0.373 e. The van der Waals surface area contributed by atoms with Gasteiger partial charge in [0.05, 0.1) is 22.6 Å². The Balaban J connectivity index is 2.06. The van der Waals surface area contributed by atoms with Crippen molar-refractivity contribution in [3.8, 4) is 6.07 Å². The highest BCUT2D eigenvalue weighted by Crippen LogP contribution is 2.34. The molecule has 0 aliphatic carbocycles. The molecule has 5 nitrogen and oxygen atoms in total. The number of nitrogens with zero attached hydrogens (tertiary/aromatic N) is 4. The zero-order valence-corrected chi connectivity index (χ0v) is 14.2. The minimum atomic E-state index is -0.127. The second-order valence-electron chi connectivity index (χ2n) is 6.16. The van der Waals surface area contributed by atoms with Crippen molar-refractivity contribution in [2.75, 3.05) is 23.4 Å². The summed E-state index contributed by atoms with van der Waals surface area (Å²) in [4.78, 5) is 21.5. The number of aryl methyl sites for hydroxylation is 1. The van der Waals surface area contributed by atoms with Gasteiger partial charge in [-0.05, 0) is 44.5 Å². The number of anilines is 2. The first-order valence-corrected chi connectivity index (χ1v) is 8.04. The van der Waals surface area contributed by atoms with Crippen molar-refractivity contribution < 1.29 is 4.79 Å². The molecule has 1 atom stereocenters. The molecule has 2 aromatic rings. The van der Waals surface area contributed by atoms with Crippen LogP contribution >= 0.6 is 0 Å². The number of rotatable bonds is 1. The third-order valence-electron chi connectivity index (χ3n) is 4.52.